The van der Waals surface area contributed by atoms with Gasteiger partial charge < -0.3 is 14.8 Å². The quantitative estimate of drug-likeness (QED) is 0.918. The summed E-state index contributed by atoms with van der Waals surface area (Å²) in [5.74, 6) is 3.46. The van der Waals surface area contributed by atoms with Crippen molar-refractivity contribution in [2.75, 3.05) is 32.3 Å². The number of ether oxygens (including phenoxy) is 2. The van der Waals surface area contributed by atoms with Crippen molar-refractivity contribution in [3.63, 3.8) is 0 Å². The van der Waals surface area contributed by atoms with Gasteiger partial charge in [-0.3, -0.25) is 0 Å². The van der Waals surface area contributed by atoms with E-state index in [1.54, 1.807) is 7.11 Å². The average Bonchev–Trinajstić information content (AvgIpc) is 2.96. The van der Waals surface area contributed by atoms with Crippen LogP contribution in [-0.2, 0) is 4.74 Å². The van der Waals surface area contributed by atoms with Gasteiger partial charge in [0.1, 0.15) is 0 Å². The number of aromatic nitrogens is 2. The van der Waals surface area contributed by atoms with E-state index in [9.17, 15) is 0 Å². The Morgan fingerprint density at radius 2 is 2.38 bits per heavy atom. The van der Waals surface area contributed by atoms with Crippen LogP contribution < -0.4 is 10.1 Å². The number of rotatable bonds is 4. The van der Waals surface area contributed by atoms with Crippen molar-refractivity contribution in [2.45, 2.75) is 30.9 Å². The number of hydrogen-bond acceptors (Lipinski definition) is 6. The van der Waals surface area contributed by atoms with Crippen LogP contribution in [0.5, 0.6) is 5.88 Å². The third-order valence-corrected chi connectivity index (χ3v) is 5.79. The van der Waals surface area contributed by atoms with E-state index in [1.165, 1.54) is 12.2 Å². The van der Waals surface area contributed by atoms with Gasteiger partial charge in [-0.05, 0) is 44.0 Å². The molecule has 116 valence electrons. The zero-order chi connectivity index (χ0) is 14.7. The molecular formula is C15H23N3O2S. The van der Waals surface area contributed by atoms with E-state index in [0.29, 0.717) is 11.8 Å². The van der Waals surface area contributed by atoms with Gasteiger partial charge in [0, 0.05) is 18.4 Å². The van der Waals surface area contributed by atoms with E-state index in [-0.39, 0.29) is 11.6 Å². The lowest BCUT2D eigenvalue weighted by Gasteiger charge is -2.40. The molecule has 0 amide bonds. The minimum Gasteiger partial charge on any atom is -0.480 e. The lowest BCUT2D eigenvalue weighted by Crippen LogP contribution is -2.43. The van der Waals surface area contributed by atoms with Gasteiger partial charge in [0.2, 0.25) is 5.88 Å². The number of nitrogens with one attached hydrogen (secondary N) is 1. The molecule has 3 atom stereocenters. The van der Waals surface area contributed by atoms with Gasteiger partial charge in [-0.25, -0.2) is 0 Å². The Labute approximate surface area is 130 Å². The fraction of sp³-hybridized carbons (Fsp3) is 0.733. The van der Waals surface area contributed by atoms with Gasteiger partial charge in [-0.2, -0.15) is 16.9 Å². The van der Waals surface area contributed by atoms with E-state index in [4.69, 9.17) is 9.47 Å². The second kappa shape index (κ2) is 6.50. The molecule has 6 heteroatoms. The highest BCUT2D eigenvalue weighted by atomic mass is 32.2. The van der Waals surface area contributed by atoms with Crippen LogP contribution in [0.15, 0.2) is 12.1 Å². The second-order valence-corrected chi connectivity index (χ2v) is 6.96. The summed E-state index contributed by atoms with van der Waals surface area (Å²) in [6.07, 6.45) is 3.36. The van der Waals surface area contributed by atoms with Crippen LogP contribution in [0.1, 0.15) is 31.0 Å². The van der Waals surface area contributed by atoms with E-state index in [0.717, 1.165) is 30.9 Å². The number of methoxy groups -OCH3 is 1. The Kier molecular flexibility index (Phi) is 4.66. The topological polar surface area (TPSA) is 56.3 Å². The van der Waals surface area contributed by atoms with Crippen molar-refractivity contribution in [3.8, 4) is 5.88 Å². The largest absolute Gasteiger partial charge is 0.480 e. The van der Waals surface area contributed by atoms with E-state index in [1.807, 2.05) is 30.9 Å². The fourth-order valence-electron chi connectivity index (χ4n) is 3.44. The van der Waals surface area contributed by atoms with Gasteiger partial charge in [0.25, 0.3) is 0 Å². The summed E-state index contributed by atoms with van der Waals surface area (Å²) in [7, 11) is 3.61. The van der Waals surface area contributed by atoms with Crippen molar-refractivity contribution < 1.29 is 9.47 Å². The lowest BCUT2D eigenvalue weighted by atomic mass is 9.80. The van der Waals surface area contributed by atoms with Gasteiger partial charge in [-0.15, -0.1) is 5.10 Å². The maximum Gasteiger partial charge on any atom is 0.233 e. The monoisotopic (exact) mass is 309 g/mol. The highest BCUT2D eigenvalue weighted by Crippen LogP contribution is 2.43. The molecule has 0 bridgehead atoms. The minimum absolute atomic E-state index is 0.0998. The lowest BCUT2D eigenvalue weighted by molar-refractivity contribution is -0.0853. The number of nitrogens with zero attached hydrogens (tertiary/aromatic N) is 2. The normalized spacial score (nSPS) is 30.5. The van der Waals surface area contributed by atoms with Crippen molar-refractivity contribution >= 4 is 11.8 Å². The van der Waals surface area contributed by atoms with E-state index in [2.05, 4.69) is 15.5 Å². The molecule has 0 saturated carbocycles. The van der Waals surface area contributed by atoms with Gasteiger partial charge >= 0.3 is 0 Å². The van der Waals surface area contributed by atoms with Crippen LogP contribution in [0.3, 0.4) is 0 Å². The van der Waals surface area contributed by atoms with Gasteiger partial charge in [0.15, 0.2) is 0 Å². The molecule has 3 heterocycles. The Bertz CT molecular complexity index is 462. The molecule has 1 aromatic rings. The summed E-state index contributed by atoms with van der Waals surface area (Å²) in [5, 5.41) is 11.9. The average molecular weight is 309 g/mol. The molecule has 1 aromatic heterocycles. The molecule has 2 aliphatic heterocycles. The van der Waals surface area contributed by atoms with Gasteiger partial charge in [0.05, 0.1) is 24.4 Å². The smallest absolute Gasteiger partial charge is 0.233 e. The second-order valence-electron chi connectivity index (χ2n) is 5.85. The number of thioether (sulfide) groups is 1. The van der Waals surface area contributed by atoms with Crippen molar-refractivity contribution in [3.05, 3.63) is 17.8 Å². The van der Waals surface area contributed by atoms with Crippen LogP contribution >= 0.6 is 11.8 Å². The molecule has 2 saturated heterocycles. The maximum atomic E-state index is 6.12. The maximum absolute atomic E-state index is 6.12. The number of hydrogen-bond donors (Lipinski definition) is 1. The molecule has 3 rings (SSSR count). The molecule has 21 heavy (non-hydrogen) atoms. The van der Waals surface area contributed by atoms with E-state index < -0.39 is 0 Å². The summed E-state index contributed by atoms with van der Waals surface area (Å²) in [5.41, 5.74) is 1.09. The summed E-state index contributed by atoms with van der Waals surface area (Å²) in [6.45, 7) is 0.854. The zero-order valence-electron chi connectivity index (χ0n) is 12.7. The molecule has 1 spiro atoms. The predicted molar refractivity (Wildman–Crippen MR) is 83.7 cm³/mol. The Hall–Kier alpha value is -0.850. The standard InChI is InChI=1S/C15H23N3O2S/c1-16-14(12-3-4-13(19-2)18-17-12)11-5-7-20-15(9-11)6-8-21-10-15/h3-4,11,14,16H,5-10H2,1-2H3. The summed E-state index contributed by atoms with van der Waals surface area (Å²) >= 11 is 2.01. The summed E-state index contributed by atoms with van der Waals surface area (Å²) < 4.78 is 11.2. The zero-order valence-corrected chi connectivity index (χ0v) is 13.5. The fourth-order valence-corrected chi connectivity index (χ4v) is 4.82. The highest BCUT2D eigenvalue weighted by Gasteiger charge is 2.42. The minimum atomic E-state index is 0.0998. The molecule has 5 nitrogen and oxygen atoms in total. The molecule has 0 aromatic carbocycles. The Morgan fingerprint density at radius 1 is 1.48 bits per heavy atom. The molecule has 2 fully saturated rings. The third-order valence-electron chi connectivity index (χ3n) is 4.57. The first kappa shape index (κ1) is 15.1. The molecule has 0 radical (unpaired) electrons. The van der Waals surface area contributed by atoms with Crippen LogP contribution in [0, 0.1) is 5.92 Å². The van der Waals surface area contributed by atoms with E-state index >= 15 is 0 Å². The van der Waals surface area contributed by atoms with Crippen LogP contribution in [0.25, 0.3) is 0 Å². The highest BCUT2D eigenvalue weighted by molar-refractivity contribution is 7.99. The predicted octanol–water partition coefficient (Wildman–Crippen LogP) is 2.05. The molecule has 1 N–H and O–H groups in total. The molecular weight excluding hydrogens is 286 g/mol. The summed E-state index contributed by atoms with van der Waals surface area (Å²) in [6, 6.07) is 4.13. The molecule has 0 aliphatic carbocycles. The van der Waals surface area contributed by atoms with Crippen molar-refractivity contribution in [1.82, 2.24) is 15.5 Å². The van der Waals surface area contributed by atoms with Crippen molar-refractivity contribution in [1.29, 1.82) is 0 Å². The Morgan fingerprint density at radius 3 is 3.00 bits per heavy atom. The van der Waals surface area contributed by atoms with Gasteiger partial charge in [-0.1, -0.05) is 0 Å². The van der Waals surface area contributed by atoms with Crippen LogP contribution in [0.2, 0.25) is 0 Å². The SMILES string of the molecule is CNC(c1ccc(OC)nn1)C1CCOC2(CCSC2)C1. The Balaban J connectivity index is 1.75. The first-order valence-corrected chi connectivity index (χ1v) is 8.68. The third kappa shape index (κ3) is 3.17. The van der Waals surface area contributed by atoms with Crippen molar-refractivity contribution in [2.24, 2.45) is 5.92 Å². The first-order chi connectivity index (χ1) is 10.3. The molecule has 3 unspecified atom stereocenters. The first-order valence-electron chi connectivity index (χ1n) is 7.53. The van der Waals surface area contributed by atoms with Crippen LogP contribution in [-0.4, -0.2) is 48.1 Å². The van der Waals surface area contributed by atoms with Crippen LogP contribution in [0.4, 0.5) is 0 Å². The molecule has 2 aliphatic rings. The summed E-state index contributed by atoms with van der Waals surface area (Å²) in [4.78, 5) is 0.